The van der Waals surface area contributed by atoms with Gasteiger partial charge in [-0.1, -0.05) is 58.6 Å². The Morgan fingerprint density at radius 3 is 2.19 bits per heavy atom. The Morgan fingerprint density at radius 2 is 1.76 bits per heavy atom. The van der Waals surface area contributed by atoms with Crippen molar-refractivity contribution in [2.75, 3.05) is 6.61 Å². The molecule has 0 spiro atoms. The molecule has 1 saturated carbocycles. The van der Waals surface area contributed by atoms with Crippen LogP contribution in [0.2, 0.25) is 19.6 Å². The minimum atomic E-state index is -1.15. The topological polar surface area (TPSA) is 9.23 Å². The first-order valence-corrected chi connectivity index (χ1v) is 12.1. The number of rotatable bonds is 6. The Kier molecular flexibility index (Phi) is 4.70. The lowest BCUT2D eigenvalue weighted by Gasteiger charge is -2.28. The fourth-order valence-electron chi connectivity index (χ4n) is 3.12. The van der Waals surface area contributed by atoms with Crippen molar-refractivity contribution < 1.29 is 4.74 Å². The molecule has 1 unspecified atom stereocenters. The lowest BCUT2D eigenvalue weighted by atomic mass is 9.90. The van der Waals surface area contributed by atoms with Crippen LogP contribution in [0.4, 0.5) is 0 Å². The molecule has 2 heteroatoms. The van der Waals surface area contributed by atoms with E-state index in [4.69, 9.17) is 4.74 Å². The number of hydrogen-bond donors (Lipinski definition) is 0. The number of hydrogen-bond acceptors (Lipinski definition) is 1. The second-order valence-corrected chi connectivity index (χ2v) is 13.6. The van der Waals surface area contributed by atoms with Gasteiger partial charge in [-0.2, -0.15) is 0 Å². The predicted octanol–water partition coefficient (Wildman–Crippen LogP) is 5.82. The van der Waals surface area contributed by atoms with Gasteiger partial charge in [-0.05, 0) is 47.9 Å². The molecule has 0 aliphatic heterocycles. The van der Waals surface area contributed by atoms with Crippen LogP contribution in [-0.4, -0.2) is 14.7 Å². The third kappa shape index (κ3) is 3.43. The molecule has 21 heavy (non-hydrogen) atoms. The summed E-state index contributed by atoms with van der Waals surface area (Å²) < 4.78 is 6.09. The van der Waals surface area contributed by atoms with Crippen LogP contribution in [0.25, 0.3) is 0 Å². The van der Waals surface area contributed by atoms with E-state index >= 15 is 0 Å². The van der Waals surface area contributed by atoms with Crippen LogP contribution >= 0.6 is 0 Å². The Labute approximate surface area is 132 Å². The molecule has 1 atom stereocenters. The monoisotopic (exact) mass is 304 g/mol. The Bertz CT molecular complexity index is 495. The summed E-state index contributed by atoms with van der Waals surface area (Å²) in [6, 6.07) is 7.20. The summed E-state index contributed by atoms with van der Waals surface area (Å²) in [5, 5.41) is 0. The first-order valence-electron chi connectivity index (χ1n) is 8.49. The quantitative estimate of drug-likeness (QED) is 0.602. The van der Waals surface area contributed by atoms with E-state index in [0.29, 0.717) is 11.5 Å². The maximum absolute atomic E-state index is 6.09. The Balaban J connectivity index is 2.41. The van der Waals surface area contributed by atoms with Crippen LogP contribution < -0.4 is 0 Å². The van der Waals surface area contributed by atoms with Crippen LogP contribution in [0.3, 0.4) is 0 Å². The molecule has 1 fully saturated rings. The van der Waals surface area contributed by atoms with Crippen molar-refractivity contribution >= 4 is 8.07 Å². The maximum Gasteiger partial charge on any atom is 0.0936 e. The van der Waals surface area contributed by atoms with Crippen molar-refractivity contribution in [3.8, 4) is 0 Å². The lowest BCUT2D eigenvalue weighted by Crippen LogP contribution is -2.29. The van der Waals surface area contributed by atoms with Gasteiger partial charge in [0, 0.05) is 6.61 Å². The van der Waals surface area contributed by atoms with Gasteiger partial charge in [0.2, 0.25) is 0 Å². The van der Waals surface area contributed by atoms with Crippen molar-refractivity contribution in [2.45, 2.75) is 77.2 Å². The second kappa shape index (κ2) is 5.89. The first-order chi connectivity index (χ1) is 9.71. The average molecular weight is 305 g/mol. The molecule has 0 heterocycles. The van der Waals surface area contributed by atoms with Gasteiger partial charge in [0.15, 0.2) is 0 Å². The second-order valence-electron chi connectivity index (χ2n) is 8.02. The van der Waals surface area contributed by atoms with E-state index in [-0.39, 0.29) is 5.60 Å². The highest BCUT2D eigenvalue weighted by Gasteiger charge is 2.47. The van der Waals surface area contributed by atoms with E-state index in [0.717, 1.165) is 6.61 Å². The molecular weight excluding hydrogens is 272 g/mol. The largest absolute Gasteiger partial charge is 0.371 e. The third-order valence-corrected chi connectivity index (χ3v) is 8.04. The van der Waals surface area contributed by atoms with Crippen molar-refractivity contribution in [1.29, 1.82) is 0 Å². The summed E-state index contributed by atoms with van der Waals surface area (Å²) >= 11 is 0. The molecule has 1 aromatic carbocycles. The molecule has 1 nitrogen and oxygen atoms in total. The van der Waals surface area contributed by atoms with E-state index in [1.165, 1.54) is 29.5 Å². The van der Waals surface area contributed by atoms with E-state index in [1.807, 2.05) is 0 Å². The molecule has 1 aliphatic rings. The molecule has 2 rings (SSSR count). The van der Waals surface area contributed by atoms with Crippen LogP contribution in [0, 0.1) is 0 Å². The van der Waals surface area contributed by atoms with Crippen molar-refractivity contribution in [3.05, 3.63) is 34.9 Å². The minimum absolute atomic E-state index is 0.0370. The normalized spacial score (nSPS) is 18.9. The molecule has 118 valence electrons. The van der Waals surface area contributed by atoms with Crippen LogP contribution in [0.1, 0.15) is 68.7 Å². The zero-order valence-corrected chi connectivity index (χ0v) is 15.9. The van der Waals surface area contributed by atoms with Gasteiger partial charge >= 0.3 is 0 Å². The Hall–Kier alpha value is -0.603. The van der Waals surface area contributed by atoms with Gasteiger partial charge in [0.05, 0.1) is 13.7 Å². The summed E-state index contributed by atoms with van der Waals surface area (Å²) in [5.74, 6) is 0.562. The van der Waals surface area contributed by atoms with E-state index in [1.54, 1.807) is 0 Å². The highest BCUT2D eigenvalue weighted by molar-refractivity contribution is 6.77. The van der Waals surface area contributed by atoms with E-state index in [9.17, 15) is 0 Å². The van der Waals surface area contributed by atoms with Gasteiger partial charge in [0.1, 0.15) is 0 Å². The fourth-order valence-corrected chi connectivity index (χ4v) is 4.30. The van der Waals surface area contributed by atoms with Crippen molar-refractivity contribution in [1.82, 2.24) is 0 Å². The van der Waals surface area contributed by atoms with Gasteiger partial charge in [0.25, 0.3) is 0 Å². The summed E-state index contributed by atoms with van der Waals surface area (Å²) in [7, 11) is -1.15. The van der Waals surface area contributed by atoms with E-state index < -0.39 is 8.07 Å². The lowest BCUT2D eigenvalue weighted by molar-refractivity contribution is 0.0387. The molecule has 0 N–H and O–H groups in total. The summed E-state index contributed by atoms with van der Waals surface area (Å²) in [4.78, 5) is 0. The minimum Gasteiger partial charge on any atom is -0.371 e. The molecule has 1 aromatic rings. The molecule has 1 aliphatic carbocycles. The standard InChI is InChI=1S/C19H32OSi/c1-8-20-19(11-12-19)18-10-9-16(13-17(18)14(2)3)15(4)21(5,6)7/h9-10,13-15H,8,11-12H2,1-7H3. The third-order valence-electron chi connectivity index (χ3n) is 5.11. The summed E-state index contributed by atoms with van der Waals surface area (Å²) in [6.45, 7) is 17.3. The van der Waals surface area contributed by atoms with Gasteiger partial charge in [-0.25, -0.2) is 0 Å². The van der Waals surface area contributed by atoms with Gasteiger partial charge in [-0.3, -0.25) is 0 Å². The zero-order chi connectivity index (χ0) is 15.8. The Morgan fingerprint density at radius 1 is 1.14 bits per heavy atom. The predicted molar refractivity (Wildman–Crippen MR) is 94.8 cm³/mol. The fraction of sp³-hybridized carbons (Fsp3) is 0.684. The van der Waals surface area contributed by atoms with Crippen LogP contribution in [0.5, 0.6) is 0 Å². The van der Waals surface area contributed by atoms with Gasteiger partial charge < -0.3 is 4.74 Å². The average Bonchev–Trinajstić information content (AvgIpc) is 3.17. The molecule has 0 saturated heterocycles. The van der Waals surface area contributed by atoms with E-state index in [2.05, 4.69) is 65.5 Å². The number of ether oxygens (including phenoxy) is 1. The molecule has 0 bridgehead atoms. The zero-order valence-electron chi connectivity index (χ0n) is 14.9. The smallest absolute Gasteiger partial charge is 0.0936 e. The maximum atomic E-state index is 6.09. The highest BCUT2D eigenvalue weighted by Crippen LogP contribution is 2.51. The van der Waals surface area contributed by atoms with Crippen molar-refractivity contribution in [2.24, 2.45) is 0 Å². The molecule has 0 amide bonds. The SMILES string of the molecule is CCOC1(c2ccc(C(C)[Si](C)(C)C)cc2C(C)C)CC1. The van der Waals surface area contributed by atoms with Gasteiger partial charge in [-0.15, -0.1) is 0 Å². The molecule has 0 aromatic heterocycles. The molecule has 0 radical (unpaired) electrons. The first kappa shape index (κ1) is 16.8. The summed E-state index contributed by atoms with van der Waals surface area (Å²) in [6.07, 6.45) is 2.37. The van der Waals surface area contributed by atoms with Crippen LogP contribution in [-0.2, 0) is 10.3 Å². The summed E-state index contributed by atoms with van der Waals surface area (Å²) in [5.41, 5.74) is 5.21. The van der Waals surface area contributed by atoms with Crippen molar-refractivity contribution in [3.63, 3.8) is 0 Å². The number of benzene rings is 1. The highest BCUT2D eigenvalue weighted by atomic mass is 28.3. The van der Waals surface area contributed by atoms with Crippen LogP contribution in [0.15, 0.2) is 18.2 Å². The molecular formula is C19H32OSi.